The molecule has 1 aliphatic rings. The largest absolute Gasteiger partial charge is 0.389 e. The normalized spacial score (nSPS) is 28.3. The lowest BCUT2D eigenvalue weighted by atomic mass is 9.78. The highest BCUT2D eigenvalue weighted by Gasteiger charge is 2.32. The topological polar surface area (TPSA) is 45.1 Å². The van der Waals surface area contributed by atoms with Crippen LogP contribution >= 0.6 is 0 Å². The van der Waals surface area contributed by atoms with E-state index in [4.69, 9.17) is 0 Å². The zero-order valence-corrected chi connectivity index (χ0v) is 12.4. The summed E-state index contributed by atoms with van der Waals surface area (Å²) in [5.41, 5.74) is 0.205. The van der Waals surface area contributed by atoms with E-state index >= 15 is 0 Å². The van der Waals surface area contributed by atoms with Crippen LogP contribution in [-0.4, -0.2) is 22.2 Å². The number of halogens is 1. The van der Waals surface area contributed by atoms with Crippen molar-refractivity contribution in [1.29, 1.82) is 0 Å². The monoisotopic (exact) mass is 280 g/mol. The van der Waals surface area contributed by atoms with Gasteiger partial charge in [-0.2, -0.15) is 0 Å². The molecule has 4 heteroatoms. The Morgan fingerprint density at radius 1 is 1.45 bits per heavy atom. The molecule has 2 N–H and O–H groups in total. The number of hydrogen-bond acceptors (Lipinski definition) is 3. The van der Waals surface area contributed by atoms with Crippen LogP contribution in [0.5, 0.6) is 0 Å². The number of nitrogens with zero attached hydrogens (tertiary/aromatic N) is 1. The summed E-state index contributed by atoms with van der Waals surface area (Å²) in [6, 6.07) is 1.48. The van der Waals surface area contributed by atoms with Gasteiger partial charge in [0.25, 0.3) is 0 Å². The van der Waals surface area contributed by atoms with E-state index < -0.39 is 5.60 Å². The van der Waals surface area contributed by atoms with Crippen molar-refractivity contribution >= 4 is 0 Å². The lowest BCUT2D eigenvalue weighted by molar-refractivity contribution is -0.0103. The highest BCUT2D eigenvalue weighted by atomic mass is 19.1. The predicted molar refractivity (Wildman–Crippen MR) is 77.8 cm³/mol. The Morgan fingerprint density at radius 3 is 2.75 bits per heavy atom. The van der Waals surface area contributed by atoms with Crippen LogP contribution in [0.1, 0.15) is 57.6 Å². The van der Waals surface area contributed by atoms with Crippen LogP contribution in [0, 0.1) is 11.7 Å². The third-order valence-electron chi connectivity index (χ3n) is 4.58. The number of nitrogens with one attached hydrogen (secondary N) is 1. The fourth-order valence-electron chi connectivity index (χ4n) is 2.93. The van der Waals surface area contributed by atoms with Gasteiger partial charge >= 0.3 is 0 Å². The van der Waals surface area contributed by atoms with Crippen LogP contribution in [0.2, 0.25) is 0 Å². The minimum absolute atomic E-state index is 0.00822. The summed E-state index contributed by atoms with van der Waals surface area (Å²) in [7, 11) is 0. The first kappa shape index (κ1) is 15.4. The molecule has 0 amide bonds. The molecule has 112 valence electrons. The molecule has 0 aromatic carbocycles. The van der Waals surface area contributed by atoms with Gasteiger partial charge in [0.05, 0.1) is 11.8 Å². The molecule has 0 radical (unpaired) electrons. The van der Waals surface area contributed by atoms with Gasteiger partial charge < -0.3 is 10.4 Å². The fourth-order valence-corrected chi connectivity index (χ4v) is 2.93. The summed E-state index contributed by atoms with van der Waals surface area (Å²) in [6.07, 6.45) is 7.98. The van der Waals surface area contributed by atoms with Crippen LogP contribution < -0.4 is 5.32 Å². The first-order valence-electron chi connectivity index (χ1n) is 7.58. The van der Waals surface area contributed by atoms with Crippen LogP contribution in [-0.2, 0) is 0 Å². The number of pyridine rings is 1. The Morgan fingerprint density at radius 2 is 2.15 bits per heavy atom. The summed E-state index contributed by atoms with van der Waals surface area (Å²) in [5, 5.41) is 13.9. The van der Waals surface area contributed by atoms with Gasteiger partial charge in [-0.25, -0.2) is 4.39 Å². The molecule has 2 rings (SSSR count). The Labute approximate surface area is 120 Å². The summed E-state index contributed by atoms with van der Waals surface area (Å²) < 4.78 is 13.1. The van der Waals surface area contributed by atoms with E-state index in [2.05, 4.69) is 17.2 Å². The van der Waals surface area contributed by atoms with Gasteiger partial charge in [0, 0.05) is 18.8 Å². The quantitative estimate of drug-likeness (QED) is 0.870. The van der Waals surface area contributed by atoms with Crippen molar-refractivity contribution in [2.75, 3.05) is 6.54 Å². The summed E-state index contributed by atoms with van der Waals surface area (Å²) in [4.78, 5) is 3.86. The second-order valence-electron chi connectivity index (χ2n) is 6.12. The van der Waals surface area contributed by atoms with Gasteiger partial charge in [-0.1, -0.05) is 13.3 Å². The van der Waals surface area contributed by atoms with Crippen molar-refractivity contribution in [3.63, 3.8) is 0 Å². The van der Waals surface area contributed by atoms with Gasteiger partial charge in [-0.15, -0.1) is 0 Å². The van der Waals surface area contributed by atoms with Crippen molar-refractivity contribution in [3.05, 3.63) is 29.8 Å². The molecule has 20 heavy (non-hydrogen) atoms. The summed E-state index contributed by atoms with van der Waals surface area (Å²) in [6.45, 7) is 4.74. The molecule has 1 fully saturated rings. The highest BCUT2D eigenvalue weighted by Crippen LogP contribution is 2.33. The van der Waals surface area contributed by atoms with Gasteiger partial charge in [0.2, 0.25) is 0 Å². The van der Waals surface area contributed by atoms with Gasteiger partial charge in [0.1, 0.15) is 5.82 Å². The molecule has 1 atom stereocenters. The van der Waals surface area contributed by atoms with Crippen LogP contribution in [0.4, 0.5) is 4.39 Å². The maximum Gasteiger partial charge on any atom is 0.141 e. The van der Waals surface area contributed by atoms with Gasteiger partial charge in [-0.3, -0.25) is 4.98 Å². The van der Waals surface area contributed by atoms with Crippen molar-refractivity contribution in [3.8, 4) is 0 Å². The van der Waals surface area contributed by atoms with E-state index in [0.29, 0.717) is 6.54 Å². The third-order valence-corrected chi connectivity index (χ3v) is 4.58. The number of aliphatic hydroxyl groups is 1. The lowest BCUT2D eigenvalue weighted by Crippen LogP contribution is -2.44. The van der Waals surface area contributed by atoms with Crippen molar-refractivity contribution in [1.82, 2.24) is 10.3 Å². The minimum atomic E-state index is -0.610. The maximum atomic E-state index is 13.1. The molecule has 1 saturated carbocycles. The smallest absolute Gasteiger partial charge is 0.141 e. The predicted octanol–water partition coefficient (Wildman–Crippen LogP) is 3.20. The van der Waals surface area contributed by atoms with Crippen LogP contribution in [0.3, 0.4) is 0 Å². The highest BCUT2D eigenvalue weighted by molar-refractivity contribution is 5.14. The van der Waals surface area contributed by atoms with Crippen molar-refractivity contribution in [2.24, 2.45) is 5.92 Å². The van der Waals surface area contributed by atoms with E-state index in [1.165, 1.54) is 18.7 Å². The number of rotatable bonds is 5. The Balaban J connectivity index is 1.85. The molecule has 1 aromatic rings. The molecule has 1 heterocycles. The molecular weight excluding hydrogens is 255 g/mol. The maximum absolute atomic E-state index is 13.1. The summed E-state index contributed by atoms with van der Waals surface area (Å²) in [5.74, 6) is 0.443. The molecule has 1 aromatic heterocycles. The van der Waals surface area contributed by atoms with E-state index in [1.54, 1.807) is 6.20 Å². The number of aromatic nitrogens is 1. The van der Waals surface area contributed by atoms with E-state index in [9.17, 15) is 9.50 Å². The molecule has 0 spiro atoms. The molecule has 1 aliphatic carbocycles. The van der Waals surface area contributed by atoms with Crippen molar-refractivity contribution < 1.29 is 9.50 Å². The van der Waals surface area contributed by atoms with Crippen LogP contribution in [0.15, 0.2) is 18.5 Å². The molecule has 0 aliphatic heterocycles. The molecule has 3 nitrogen and oxygen atoms in total. The fraction of sp³-hybridized carbons (Fsp3) is 0.688. The van der Waals surface area contributed by atoms with Gasteiger partial charge in [-0.05, 0) is 50.2 Å². The first-order valence-corrected chi connectivity index (χ1v) is 7.58. The molecule has 0 bridgehead atoms. The number of hydrogen-bond donors (Lipinski definition) is 2. The molecule has 0 saturated heterocycles. The standard InChI is InChI=1S/C16H25FN2O/c1-3-13-4-6-16(20,7-5-13)11-19-12(2)14-8-15(17)10-18-9-14/h8-10,12-13,19-20H,3-7,11H2,1-2H3. The Bertz CT molecular complexity index is 430. The van der Waals surface area contributed by atoms with Gasteiger partial charge in [0.15, 0.2) is 0 Å². The van der Waals surface area contributed by atoms with Crippen molar-refractivity contribution in [2.45, 2.75) is 57.6 Å². The van der Waals surface area contributed by atoms with E-state index in [0.717, 1.165) is 37.2 Å². The average molecular weight is 280 g/mol. The molecular formula is C16H25FN2O. The zero-order chi connectivity index (χ0) is 14.6. The lowest BCUT2D eigenvalue weighted by Gasteiger charge is -2.36. The third kappa shape index (κ3) is 4.00. The summed E-state index contributed by atoms with van der Waals surface area (Å²) >= 11 is 0. The Kier molecular flexibility index (Phi) is 5.11. The van der Waals surface area contributed by atoms with E-state index in [1.807, 2.05) is 6.92 Å². The minimum Gasteiger partial charge on any atom is -0.389 e. The Hall–Kier alpha value is -1.00. The van der Waals surface area contributed by atoms with Crippen LogP contribution in [0.25, 0.3) is 0 Å². The molecule has 1 unspecified atom stereocenters. The first-order chi connectivity index (χ1) is 9.52. The zero-order valence-electron chi connectivity index (χ0n) is 12.4. The average Bonchev–Trinajstić information content (AvgIpc) is 2.46. The SMILES string of the molecule is CCC1CCC(O)(CNC(C)c2cncc(F)c2)CC1. The second kappa shape index (κ2) is 6.64. The van der Waals surface area contributed by atoms with E-state index in [-0.39, 0.29) is 11.9 Å². The second-order valence-corrected chi connectivity index (χ2v) is 6.12.